The fourth-order valence-corrected chi connectivity index (χ4v) is 3.10. The van der Waals surface area contributed by atoms with Crippen molar-refractivity contribution in [3.63, 3.8) is 0 Å². The van der Waals surface area contributed by atoms with Gasteiger partial charge < -0.3 is 5.73 Å². The first-order valence-electron chi connectivity index (χ1n) is 8.57. The first-order chi connectivity index (χ1) is 11.6. The van der Waals surface area contributed by atoms with Gasteiger partial charge in [-0.15, -0.1) is 6.58 Å². The number of hydrogen-bond acceptors (Lipinski definition) is 2. The van der Waals surface area contributed by atoms with Gasteiger partial charge in [-0.2, -0.15) is 0 Å². The third kappa shape index (κ3) is 3.82. The van der Waals surface area contributed by atoms with Gasteiger partial charge in [0.1, 0.15) is 0 Å². The second kappa shape index (κ2) is 8.07. The van der Waals surface area contributed by atoms with E-state index in [1.807, 2.05) is 19.2 Å². The van der Waals surface area contributed by atoms with E-state index in [4.69, 9.17) is 5.73 Å². The van der Waals surface area contributed by atoms with E-state index in [1.165, 1.54) is 39.0 Å². The van der Waals surface area contributed by atoms with E-state index in [1.54, 1.807) is 0 Å². The van der Waals surface area contributed by atoms with E-state index >= 15 is 0 Å². The fraction of sp³-hybridized carbons (Fsp3) is 0.318. The number of nitrogens with two attached hydrogens (primary N) is 1. The monoisotopic (exact) mass is 320 g/mol. The number of aryl methyl sites for hydroxylation is 1. The number of allylic oxidation sites excluding steroid dienone is 5. The van der Waals surface area contributed by atoms with Crippen LogP contribution in [0.25, 0.3) is 6.08 Å². The third-order valence-electron chi connectivity index (χ3n) is 4.79. The van der Waals surface area contributed by atoms with Crippen molar-refractivity contribution in [2.45, 2.75) is 33.6 Å². The van der Waals surface area contributed by atoms with Crippen molar-refractivity contribution in [1.29, 1.82) is 0 Å². The topological polar surface area (TPSA) is 38.4 Å². The zero-order chi connectivity index (χ0) is 17.7. The van der Waals surface area contributed by atoms with E-state index in [2.05, 4.69) is 56.3 Å². The lowest BCUT2D eigenvalue weighted by atomic mass is 9.91. The second-order valence-corrected chi connectivity index (χ2v) is 6.14. The van der Waals surface area contributed by atoms with Crippen molar-refractivity contribution in [2.75, 3.05) is 6.67 Å². The summed E-state index contributed by atoms with van der Waals surface area (Å²) >= 11 is 0. The van der Waals surface area contributed by atoms with Crippen molar-refractivity contribution in [3.8, 4) is 0 Å². The first-order valence-corrected chi connectivity index (χ1v) is 8.57. The molecule has 126 valence electrons. The molecular weight excluding hydrogens is 292 g/mol. The van der Waals surface area contributed by atoms with Crippen molar-refractivity contribution in [1.82, 2.24) is 0 Å². The minimum absolute atomic E-state index is 0.322. The number of benzene rings is 1. The van der Waals surface area contributed by atoms with Crippen LogP contribution in [-0.4, -0.2) is 12.9 Å². The number of aliphatic imine (C=N–C) groups is 1. The highest BCUT2D eigenvalue weighted by molar-refractivity contribution is 5.80. The van der Waals surface area contributed by atoms with Gasteiger partial charge in [-0.1, -0.05) is 43.9 Å². The predicted octanol–water partition coefficient (Wildman–Crippen LogP) is 4.79. The summed E-state index contributed by atoms with van der Waals surface area (Å²) in [6, 6.07) is 4.47. The SMILES string of the molecule is C=CC1C(=C)/C1=C/c1ccc(CC)c(C)c1CC(/C=N\CN)=C/C. The van der Waals surface area contributed by atoms with Gasteiger partial charge in [0.25, 0.3) is 0 Å². The van der Waals surface area contributed by atoms with E-state index in [0.29, 0.717) is 12.6 Å². The number of nitrogens with zero attached hydrogens (tertiary/aromatic N) is 1. The molecule has 0 radical (unpaired) electrons. The minimum atomic E-state index is 0.322. The Morgan fingerprint density at radius 3 is 2.67 bits per heavy atom. The Hall–Kier alpha value is -2.19. The van der Waals surface area contributed by atoms with Gasteiger partial charge in [0.15, 0.2) is 0 Å². The van der Waals surface area contributed by atoms with Crippen LogP contribution in [0.4, 0.5) is 0 Å². The van der Waals surface area contributed by atoms with Crippen LogP contribution in [0.5, 0.6) is 0 Å². The van der Waals surface area contributed by atoms with Crippen LogP contribution in [0, 0.1) is 12.8 Å². The van der Waals surface area contributed by atoms with Gasteiger partial charge >= 0.3 is 0 Å². The summed E-state index contributed by atoms with van der Waals surface area (Å²) in [6.07, 6.45) is 10.1. The van der Waals surface area contributed by atoms with Crippen molar-refractivity contribution < 1.29 is 0 Å². The highest BCUT2D eigenvalue weighted by atomic mass is 14.8. The summed E-state index contributed by atoms with van der Waals surface area (Å²) in [5.41, 5.74) is 14.6. The maximum atomic E-state index is 5.50. The largest absolute Gasteiger partial charge is 0.312 e. The van der Waals surface area contributed by atoms with Crippen LogP contribution in [0.3, 0.4) is 0 Å². The molecule has 2 nitrogen and oxygen atoms in total. The molecule has 0 bridgehead atoms. The van der Waals surface area contributed by atoms with Crippen molar-refractivity contribution >= 4 is 12.3 Å². The molecule has 0 aliphatic heterocycles. The summed E-state index contributed by atoms with van der Waals surface area (Å²) in [5, 5.41) is 0. The molecule has 2 N–H and O–H groups in total. The van der Waals surface area contributed by atoms with Crippen molar-refractivity contribution in [3.05, 3.63) is 76.4 Å². The summed E-state index contributed by atoms with van der Waals surface area (Å²) < 4.78 is 0. The molecule has 1 aliphatic rings. The lowest BCUT2D eigenvalue weighted by molar-refractivity contribution is 1.05. The maximum Gasteiger partial charge on any atom is 0.0859 e. The maximum absolute atomic E-state index is 5.50. The standard InChI is InChI=1S/C22H28N2/c1-6-17(13-24-14-23)11-21-15(4)18(7-2)9-10-19(21)12-22-16(5)20(22)8-3/h6,8-10,12-13,20H,3,5,7,11,14,23H2,1-2,4H3/b17-6-,22-12-,24-13-. The molecule has 2 rings (SSSR count). The molecule has 0 aromatic heterocycles. The Morgan fingerprint density at radius 2 is 2.12 bits per heavy atom. The molecule has 1 aromatic rings. The lowest BCUT2D eigenvalue weighted by Crippen LogP contribution is -2.03. The van der Waals surface area contributed by atoms with E-state index in [-0.39, 0.29) is 0 Å². The quantitative estimate of drug-likeness (QED) is 0.569. The summed E-state index contributed by atoms with van der Waals surface area (Å²) in [5.74, 6) is 0.351. The number of rotatable bonds is 7. The predicted molar refractivity (Wildman–Crippen MR) is 106 cm³/mol. The average Bonchev–Trinajstić information content (AvgIpc) is 3.22. The fourth-order valence-electron chi connectivity index (χ4n) is 3.10. The molecule has 24 heavy (non-hydrogen) atoms. The van der Waals surface area contributed by atoms with Gasteiger partial charge in [0.2, 0.25) is 0 Å². The molecule has 1 aromatic carbocycles. The molecular formula is C22H28N2. The van der Waals surface area contributed by atoms with E-state index in [0.717, 1.165) is 12.8 Å². The number of hydrogen-bond donors (Lipinski definition) is 1. The summed E-state index contributed by atoms with van der Waals surface area (Å²) in [4.78, 5) is 4.19. The Bertz CT molecular complexity index is 733. The highest BCUT2D eigenvalue weighted by Crippen LogP contribution is 2.46. The Morgan fingerprint density at radius 1 is 1.38 bits per heavy atom. The average molecular weight is 320 g/mol. The van der Waals surface area contributed by atoms with Crippen LogP contribution in [0.15, 0.2) is 59.2 Å². The van der Waals surface area contributed by atoms with Gasteiger partial charge in [-0.3, -0.25) is 4.99 Å². The zero-order valence-electron chi connectivity index (χ0n) is 15.1. The van der Waals surface area contributed by atoms with Gasteiger partial charge in [0.05, 0.1) is 6.67 Å². The van der Waals surface area contributed by atoms with E-state index < -0.39 is 0 Å². The molecule has 0 amide bonds. The Labute approximate surface area is 146 Å². The third-order valence-corrected chi connectivity index (χ3v) is 4.79. The molecule has 1 saturated carbocycles. The van der Waals surface area contributed by atoms with Gasteiger partial charge in [-0.05, 0) is 65.7 Å². The molecule has 1 unspecified atom stereocenters. The van der Waals surface area contributed by atoms with Crippen molar-refractivity contribution in [2.24, 2.45) is 16.6 Å². The van der Waals surface area contributed by atoms with Crippen LogP contribution >= 0.6 is 0 Å². The molecule has 2 heteroatoms. The second-order valence-electron chi connectivity index (χ2n) is 6.14. The minimum Gasteiger partial charge on any atom is -0.312 e. The molecule has 0 spiro atoms. The zero-order valence-corrected chi connectivity index (χ0v) is 15.1. The van der Waals surface area contributed by atoms with Crippen LogP contribution in [0.1, 0.15) is 36.1 Å². The summed E-state index contributed by atoms with van der Waals surface area (Å²) in [7, 11) is 0. The molecule has 0 heterocycles. The molecule has 1 atom stereocenters. The van der Waals surface area contributed by atoms with Gasteiger partial charge in [-0.25, -0.2) is 0 Å². The lowest BCUT2D eigenvalue weighted by Gasteiger charge is -2.14. The van der Waals surface area contributed by atoms with Crippen LogP contribution < -0.4 is 5.73 Å². The van der Waals surface area contributed by atoms with E-state index in [9.17, 15) is 0 Å². The molecule has 0 saturated heterocycles. The summed E-state index contributed by atoms with van der Waals surface area (Å²) in [6.45, 7) is 14.8. The highest BCUT2D eigenvalue weighted by Gasteiger charge is 2.32. The first kappa shape index (κ1) is 18.2. The Balaban J connectivity index is 2.45. The molecule has 1 fully saturated rings. The Kier molecular flexibility index (Phi) is 6.10. The molecule has 1 aliphatic carbocycles. The van der Waals surface area contributed by atoms with Crippen LogP contribution in [-0.2, 0) is 12.8 Å². The smallest absolute Gasteiger partial charge is 0.0859 e. The van der Waals surface area contributed by atoms with Gasteiger partial charge in [0, 0.05) is 12.1 Å². The van der Waals surface area contributed by atoms with Crippen LogP contribution in [0.2, 0.25) is 0 Å². The normalized spacial score (nSPS) is 19.3.